The van der Waals surface area contributed by atoms with Crippen LogP contribution in [0.5, 0.6) is 0 Å². The second-order valence-electron chi connectivity index (χ2n) is 4.27. The number of aryl methyl sites for hydroxylation is 1. The average molecular weight is 268 g/mol. The molecule has 0 bridgehead atoms. The van der Waals surface area contributed by atoms with Crippen LogP contribution in [0.15, 0.2) is 22.2 Å². The monoisotopic (exact) mass is 268 g/mol. The molecule has 5 heteroatoms. The highest BCUT2D eigenvalue weighted by atomic mass is 32.1. The van der Waals surface area contributed by atoms with Gasteiger partial charge in [-0.3, -0.25) is 0 Å². The maximum Gasteiger partial charge on any atom is 0.107 e. The molecule has 0 amide bonds. The number of rotatable bonds is 5. The van der Waals surface area contributed by atoms with Crippen molar-refractivity contribution in [2.75, 3.05) is 6.54 Å². The Bertz CT molecular complexity index is 463. The molecule has 2 heterocycles. The van der Waals surface area contributed by atoms with Crippen LogP contribution >= 0.6 is 22.7 Å². The molecular formula is C12H16N2OS2. The van der Waals surface area contributed by atoms with Crippen molar-refractivity contribution in [3.8, 4) is 0 Å². The van der Waals surface area contributed by atoms with Crippen molar-refractivity contribution < 1.29 is 5.11 Å². The van der Waals surface area contributed by atoms with Gasteiger partial charge in [-0.2, -0.15) is 11.3 Å². The summed E-state index contributed by atoms with van der Waals surface area (Å²) in [5, 5.41) is 20.6. The summed E-state index contributed by atoms with van der Waals surface area (Å²) in [6.07, 6.45) is 0. The van der Waals surface area contributed by atoms with Crippen molar-refractivity contribution >= 4 is 22.7 Å². The molecule has 0 saturated heterocycles. The van der Waals surface area contributed by atoms with Crippen LogP contribution in [0.1, 0.15) is 23.2 Å². The SMILES string of the molecule is Cc1csc(CNCC(C)(O)c2ccsc2)n1. The first-order chi connectivity index (χ1) is 8.08. The molecule has 0 aliphatic carbocycles. The molecule has 92 valence electrons. The predicted octanol–water partition coefficient (Wildman–Crippen LogP) is 2.51. The minimum absolute atomic E-state index is 0.530. The van der Waals surface area contributed by atoms with Gasteiger partial charge < -0.3 is 10.4 Å². The smallest absolute Gasteiger partial charge is 0.107 e. The molecule has 2 aromatic rings. The quantitative estimate of drug-likeness (QED) is 0.876. The average Bonchev–Trinajstić information content (AvgIpc) is 2.89. The molecule has 2 aromatic heterocycles. The van der Waals surface area contributed by atoms with E-state index in [-0.39, 0.29) is 0 Å². The van der Waals surface area contributed by atoms with Gasteiger partial charge in [0.1, 0.15) is 5.01 Å². The summed E-state index contributed by atoms with van der Waals surface area (Å²) >= 11 is 3.25. The van der Waals surface area contributed by atoms with Gasteiger partial charge in [-0.25, -0.2) is 4.98 Å². The van der Waals surface area contributed by atoms with E-state index in [1.165, 1.54) is 0 Å². The van der Waals surface area contributed by atoms with Crippen molar-refractivity contribution in [1.82, 2.24) is 10.3 Å². The second kappa shape index (κ2) is 5.27. The first-order valence-corrected chi connectivity index (χ1v) is 7.27. The van der Waals surface area contributed by atoms with Gasteiger partial charge in [-0.1, -0.05) is 0 Å². The van der Waals surface area contributed by atoms with E-state index in [0.717, 1.165) is 16.3 Å². The predicted molar refractivity (Wildman–Crippen MR) is 72.4 cm³/mol. The Morgan fingerprint density at radius 3 is 2.88 bits per heavy atom. The standard InChI is InChI=1S/C12H16N2OS2/c1-9-6-17-11(14-9)5-13-8-12(2,15)10-3-4-16-7-10/h3-4,6-7,13,15H,5,8H2,1-2H3. The van der Waals surface area contributed by atoms with Gasteiger partial charge in [-0.15, -0.1) is 11.3 Å². The van der Waals surface area contributed by atoms with Crippen molar-refractivity contribution in [2.45, 2.75) is 26.0 Å². The Balaban J connectivity index is 1.86. The van der Waals surface area contributed by atoms with Gasteiger partial charge in [0.15, 0.2) is 0 Å². The highest BCUT2D eigenvalue weighted by molar-refractivity contribution is 7.09. The third-order valence-corrected chi connectivity index (χ3v) is 4.20. The second-order valence-corrected chi connectivity index (χ2v) is 5.99. The van der Waals surface area contributed by atoms with Gasteiger partial charge in [0, 0.05) is 24.2 Å². The zero-order chi connectivity index (χ0) is 12.3. The summed E-state index contributed by atoms with van der Waals surface area (Å²) in [4.78, 5) is 4.37. The van der Waals surface area contributed by atoms with Crippen molar-refractivity contribution in [1.29, 1.82) is 0 Å². The molecule has 1 atom stereocenters. The number of aromatic nitrogens is 1. The number of hydrogen-bond donors (Lipinski definition) is 2. The maximum absolute atomic E-state index is 10.3. The molecule has 1 unspecified atom stereocenters. The minimum atomic E-state index is -0.813. The van der Waals surface area contributed by atoms with Crippen molar-refractivity contribution in [2.24, 2.45) is 0 Å². The van der Waals surface area contributed by atoms with Crippen molar-refractivity contribution in [3.05, 3.63) is 38.5 Å². The molecule has 0 radical (unpaired) electrons. The van der Waals surface area contributed by atoms with Crippen LogP contribution in [0, 0.1) is 6.92 Å². The zero-order valence-corrected chi connectivity index (χ0v) is 11.6. The Hall–Kier alpha value is -0.750. The van der Waals surface area contributed by atoms with E-state index >= 15 is 0 Å². The van der Waals surface area contributed by atoms with Crippen LogP contribution in [0.3, 0.4) is 0 Å². The molecule has 0 aliphatic heterocycles. The molecule has 3 nitrogen and oxygen atoms in total. The summed E-state index contributed by atoms with van der Waals surface area (Å²) in [7, 11) is 0. The van der Waals surface area contributed by atoms with Crippen LogP contribution in [0.25, 0.3) is 0 Å². The molecule has 2 N–H and O–H groups in total. The Morgan fingerprint density at radius 2 is 2.29 bits per heavy atom. The summed E-state index contributed by atoms with van der Waals surface area (Å²) < 4.78 is 0. The number of aliphatic hydroxyl groups is 1. The summed E-state index contributed by atoms with van der Waals surface area (Å²) in [5.74, 6) is 0. The fraction of sp³-hybridized carbons (Fsp3) is 0.417. The molecule has 0 aliphatic rings. The lowest BCUT2D eigenvalue weighted by molar-refractivity contribution is 0.0571. The summed E-state index contributed by atoms with van der Waals surface area (Å²) in [6, 6.07) is 1.96. The maximum atomic E-state index is 10.3. The third kappa shape index (κ3) is 3.35. The first kappa shape index (κ1) is 12.7. The fourth-order valence-electron chi connectivity index (χ4n) is 1.57. The normalized spacial score (nSPS) is 14.8. The van der Waals surface area contributed by atoms with Crippen LogP contribution in [0.2, 0.25) is 0 Å². The van der Waals surface area contributed by atoms with E-state index in [1.807, 2.05) is 36.1 Å². The van der Waals surface area contributed by atoms with Crippen LogP contribution in [-0.2, 0) is 12.1 Å². The van der Waals surface area contributed by atoms with Gasteiger partial charge in [-0.05, 0) is 36.2 Å². The number of hydrogen-bond acceptors (Lipinski definition) is 5. The Labute approximate surface area is 109 Å². The number of nitrogens with zero attached hydrogens (tertiary/aromatic N) is 1. The van der Waals surface area contributed by atoms with E-state index in [9.17, 15) is 5.11 Å². The molecule has 0 aromatic carbocycles. The highest BCUT2D eigenvalue weighted by Crippen LogP contribution is 2.22. The molecule has 17 heavy (non-hydrogen) atoms. The van der Waals surface area contributed by atoms with E-state index in [4.69, 9.17) is 0 Å². The Kier molecular flexibility index (Phi) is 3.93. The molecule has 0 fully saturated rings. The van der Waals surface area contributed by atoms with Crippen LogP contribution in [0.4, 0.5) is 0 Å². The van der Waals surface area contributed by atoms with Gasteiger partial charge in [0.05, 0.1) is 5.60 Å². The van der Waals surface area contributed by atoms with E-state index in [0.29, 0.717) is 13.1 Å². The minimum Gasteiger partial charge on any atom is -0.384 e. The number of nitrogens with one attached hydrogen (secondary N) is 1. The number of thiazole rings is 1. The molecule has 2 rings (SSSR count). The summed E-state index contributed by atoms with van der Waals surface area (Å²) in [6.45, 7) is 5.05. The zero-order valence-electron chi connectivity index (χ0n) is 9.93. The lowest BCUT2D eigenvalue weighted by atomic mass is 9.99. The van der Waals surface area contributed by atoms with Crippen LogP contribution < -0.4 is 5.32 Å². The first-order valence-electron chi connectivity index (χ1n) is 5.45. The molecule has 0 spiro atoms. The van der Waals surface area contributed by atoms with Gasteiger partial charge in [0.2, 0.25) is 0 Å². The van der Waals surface area contributed by atoms with E-state index < -0.39 is 5.60 Å². The van der Waals surface area contributed by atoms with E-state index in [2.05, 4.69) is 10.3 Å². The van der Waals surface area contributed by atoms with Gasteiger partial charge >= 0.3 is 0 Å². The van der Waals surface area contributed by atoms with Crippen molar-refractivity contribution in [3.63, 3.8) is 0 Å². The summed E-state index contributed by atoms with van der Waals surface area (Å²) in [5.41, 5.74) is 1.20. The molecular weight excluding hydrogens is 252 g/mol. The topological polar surface area (TPSA) is 45.1 Å². The lowest BCUT2D eigenvalue weighted by Crippen LogP contribution is -2.34. The fourth-order valence-corrected chi connectivity index (χ4v) is 3.09. The largest absolute Gasteiger partial charge is 0.384 e. The lowest BCUT2D eigenvalue weighted by Gasteiger charge is -2.22. The van der Waals surface area contributed by atoms with E-state index in [1.54, 1.807) is 22.7 Å². The van der Waals surface area contributed by atoms with Gasteiger partial charge in [0.25, 0.3) is 0 Å². The Morgan fingerprint density at radius 1 is 1.47 bits per heavy atom. The third-order valence-electron chi connectivity index (χ3n) is 2.56. The molecule has 0 saturated carbocycles. The number of thiophene rings is 1. The highest BCUT2D eigenvalue weighted by Gasteiger charge is 2.22. The van der Waals surface area contributed by atoms with Crippen LogP contribution in [-0.4, -0.2) is 16.6 Å².